The lowest BCUT2D eigenvalue weighted by Crippen LogP contribution is -2.44. The van der Waals surface area contributed by atoms with E-state index in [1.807, 2.05) is 60.7 Å². The molecule has 0 aliphatic carbocycles. The molecule has 0 aliphatic heterocycles. The van der Waals surface area contributed by atoms with Crippen LogP contribution in [0.1, 0.15) is 47.3 Å². The van der Waals surface area contributed by atoms with Crippen LogP contribution in [0.5, 0.6) is 0 Å². The summed E-state index contributed by atoms with van der Waals surface area (Å²) in [5.74, 6) is -1.83. The third-order valence-corrected chi connectivity index (χ3v) is 6.72. The van der Waals surface area contributed by atoms with Crippen LogP contribution in [0, 0.1) is 0 Å². The molecule has 10 nitrogen and oxygen atoms in total. The van der Waals surface area contributed by atoms with Gasteiger partial charge >= 0.3 is 12.1 Å². The van der Waals surface area contributed by atoms with E-state index >= 15 is 0 Å². The number of ether oxygens (including phenoxy) is 1. The van der Waals surface area contributed by atoms with Gasteiger partial charge in [0.05, 0.1) is 5.52 Å². The van der Waals surface area contributed by atoms with Crippen LogP contribution in [-0.4, -0.2) is 46.6 Å². The highest BCUT2D eigenvalue weighted by Gasteiger charge is 2.23. The maximum absolute atomic E-state index is 13.5. The van der Waals surface area contributed by atoms with Crippen LogP contribution in [0.25, 0.3) is 10.9 Å². The molecule has 1 heterocycles. The minimum Gasteiger partial charge on any atom is -0.481 e. The SMILES string of the molecule is O=C(O)CCCc1ccccc1NC(=O)[C@H](CCCNC(=O)OCc1ccccc1)NC(=O)c1ccc2ccccc2n1. The maximum atomic E-state index is 13.5. The summed E-state index contributed by atoms with van der Waals surface area (Å²) in [7, 11) is 0. The number of aliphatic carboxylic acids is 1. The lowest BCUT2D eigenvalue weighted by Gasteiger charge is -2.20. The number of rotatable bonds is 14. The van der Waals surface area contributed by atoms with Gasteiger partial charge in [-0.05, 0) is 55.0 Å². The summed E-state index contributed by atoms with van der Waals surface area (Å²) in [4.78, 5) is 54.2. The number of nitrogens with one attached hydrogen (secondary N) is 3. The van der Waals surface area contributed by atoms with Gasteiger partial charge in [-0.1, -0.05) is 72.8 Å². The number of carboxylic acids is 1. The molecule has 0 bridgehead atoms. The van der Waals surface area contributed by atoms with Gasteiger partial charge < -0.3 is 25.8 Å². The highest BCUT2D eigenvalue weighted by atomic mass is 16.5. The zero-order chi connectivity index (χ0) is 30.4. The van der Waals surface area contributed by atoms with Crippen LogP contribution in [0.15, 0.2) is 91.0 Å². The van der Waals surface area contributed by atoms with Gasteiger partial charge in [-0.3, -0.25) is 14.4 Å². The second-order valence-electron chi connectivity index (χ2n) is 9.94. The third-order valence-electron chi connectivity index (χ3n) is 6.72. The number of carbonyl (C=O) groups excluding carboxylic acids is 3. The lowest BCUT2D eigenvalue weighted by atomic mass is 10.0. The summed E-state index contributed by atoms with van der Waals surface area (Å²) >= 11 is 0. The fourth-order valence-corrected chi connectivity index (χ4v) is 4.47. The van der Waals surface area contributed by atoms with E-state index in [-0.39, 0.29) is 31.7 Å². The summed E-state index contributed by atoms with van der Waals surface area (Å²) < 4.78 is 5.24. The standard InChI is InChI=1S/C33H34N4O6/c38-30(39)18-8-14-24-12-4-7-16-27(24)36-31(40)28(17-9-21-34-33(42)43-22-23-10-2-1-3-11-23)37-32(41)29-20-19-25-13-5-6-15-26(25)35-29/h1-7,10-13,15-16,19-20,28H,8-9,14,17-18,21-22H2,(H,34,42)(H,36,40)(H,37,41)(H,38,39)/t28-/m0/s1. The fraction of sp³-hybridized carbons (Fsp3) is 0.242. The highest BCUT2D eigenvalue weighted by Crippen LogP contribution is 2.19. The van der Waals surface area contributed by atoms with E-state index in [9.17, 15) is 19.2 Å². The van der Waals surface area contributed by atoms with Crippen molar-refractivity contribution in [3.63, 3.8) is 0 Å². The molecule has 0 aliphatic rings. The van der Waals surface area contributed by atoms with E-state index in [2.05, 4.69) is 20.9 Å². The number of benzene rings is 3. The molecular weight excluding hydrogens is 548 g/mol. The first-order chi connectivity index (χ1) is 20.9. The smallest absolute Gasteiger partial charge is 0.407 e. The molecule has 1 atom stereocenters. The van der Waals surface area contributed by atoms with Crippen LogP contribution < -0.4 is 16.0 Å². The van der Waals surface area contributed by atoms with Gasteiger partial charge in [0.15, 0.2) is 0 Å². The molecular formula is C33H34N4O6. The van der Waals surface area contributed by atoms with Crippen LogP contribution in [0.2, 0.25) is 0 Å². The fourth-order valence-electron chi connectivity index (χ4n) is 4.47. The number of anilines is 1. The van der Waals surface area contributed by atoms with Gasteiger partial charge in [0.25, 0.3) is 5.91 Å². The van der Waals surface area contributed by atoms with Crippen LogP contribution >= 0.6 is 0 Å². The van der Waals surface area contributed by atoms with Crippen LogP contribution in [0.4, 0.5) is 10.5 Å². The Balaban J connectivity index is 1.39. The van der Waals surface area contributed by atoms with Crippen molar-refractivity contribution in [3.8, 4) is 0 Å². The van der Waals surface area contributed by atoms with Crippen molar-refractivity contribution in [1.82, 2.24) is 15.6 Å². The summed E-state index contributed by atoms with van der Waals surface area (Å²) in [6, 6.07) is 26.3. The molecule has 0 saturated heterocycles. The molecule has 0 radical (unpaired) electrons. The van der Waals surface area contributed by atoms with Gasteiger partial charge in [-0.15, -0.1) is 0 Å². The number of para-hydroxylation sites is 2. The zero-order valence-corrected chi connectivity index (χ0v) is 23.6. The predicted octanol–water partition coefficient (Wildman–Crippen LogP) is 5.09. The Labute approximate surface area is 249 Å². The first kappa shape index (κ1) is 30.7. The van der Waals surface area contributed by atoms with Crippen molar-refractivity contribution in [3.05, 3.63) is 108 Å². The second kappa shape index (κ2) is 15.7. The average molecular weight is 583 g/mol. The lowest BCUT2D eigenvalue weighted by molar-refractivity contribution is -0.137. The van der Waals surface area contributed by atoms with E-state index in [4.69, 9.17) is 9.84 Å². The molecule has 4 aromatic rings. The second-order valence-corrected chi connectivity index (χ2v) is 9.94. The van der Waals surface area contributed by atoms with E-state index in [0.29, 0.717) is 30.5 Å². The first-order valence-electron chi connectivity index (χ1n) is 14.1. The Kier molecular flexibility index (Phi) is 11.2. The Morgan fingerprint density at radius 1 is 0.837 bits per heavy atom. The van der Waals surface area contributed by atoms with Gasteiger partial charge in [-0.25, -0.2) is 9.78 Å². The van der Waals surface area contributed by atoms with Crippen molar-refractivity contribution < 1.29 is 29.0 Å². The monoisotopic (exact) mass is 582 g/mol. The van der Waals surface area contributed by atoms with E-state index in [1.54, 1.807) is 30.3 Å². The topological polar surface area (TPSA) is 147 Å². The summed E-state index contributed by atoms with van der Waals surface area (Å²) in [5.41, 5.74) is 3.03. The quantitative estimate of drug-likeness (QED) is 0.152. The van der Waals surface area contributed by atoms with Crippen molar-refractivity contribution in [1.29, 1.82) is 0 Å². The van der Waals surface area contributed by atoms with Gasteiger partial charge in [0, 0.05) is 24.0 Å². The molecule has 3 amide bonds. The summed E-state index contributed by atoms with van der Waals surface area (Å²) in [5, 5.41) is 18.2. The number of pyridine rings is 1. The minimum atomic E-state index is -0.935. The van der Waals surface area contributed by atoms with E-state index in [0.717, 1.165) is 16.5 Å². The minimum absolute atomic E-state index is 0.0144. The number of carboxylic acid groups (broad SMARTS) is 1. The molecule has 0 spiro atoms. The number of amides is 3. The van der Waals surface area contributed by atoms with Gasteiger partial charge in [-0.2, -0.15) is 0 Å². The number of aromatic nitrogens is 1. The highest BCUT2D eigenvalue weighted by molar-refractivity contribution is 6.01. The number of aryl methyl sites for hydroxylation is 1. The van der Waals surface area contributed by atoms with Crippen molar-refractivity contribution >= 4 is 40.5 Å². The Hall–Kier alpha value is -5.25. The van der Waals surface area contributed by atoms with Crippen LogP contribution in [0.3, 0.4) is 0 Å². The largest absolute Gasteiger partial charge is 0.481 e. The zero-order valence-electron chi connectivity index (χ0n) is 23.6. The molecule has 3 aromatic carbocycles. The molecule has 4 N–H and O–H groups in total. The molecule has 4 rings (SSSR count). The molecule has 222 valence electrons. The molecule has 0 fully saturated rings. The van der Waals surface area contributed by atoms with Crippen molar-refractivity contribution in [2.24, 2.45) is 0 Å². The number of nitrogens with zero attached hydrogens (tertiary/aromatic N) is 1. The summed E-state index contributed by atoms with van der Waals surface area (Å²) in [6.45, 7) is 0.367. The normalized spacial score (nSPS) is 11.3. The summed E-state index contributed by atoms with van der Waals surface area (Å²) in [6.07, 6.45) is 0.929. The maximum Gasteiger partial charge on any atom is 0.407 e. The molecule has 0 unspecified atom stereocenters. The molecule has 1 aromatic heterocycles. The van der Waals surface area contributed by atoms with Gasteiger partial charge in [0.2, 0.25) is 5.91 Å². The predicted molar refractivity (Wildman–Crippen MR) is 163 cm³/mol. The number of hydrogen-bond donors (Lipinski definition) is 4. The van der Waals surface area contributed by atoms with Gasteiger partial charge in [0.1, 0.15) is 18.3 Å². The molecule has 43 heavy (non-hydrogen) atoms. The Morgan fingerprint density at radius 3 is 2.40 bits per heavy atom. The third kappa shape index (κ3) is 9.67. The van der Waals surface area contributed by atoms with E-state index in [1.165, 1.54) is 0 Å². The molecule has 10 heteroatoms. The van der Waals surface area contributed by atoms with Crippen molar-refractivity contribution in [2.45, 2.75) is 44.8 Å². The number of alkyl carbamates (subject to hydrolysis) is 1. The number of fused-ring (bicyclic) bond motifs is 1. The Bertz CT molecular complexity index is 1560. The number of carbonyl (C=O) groups is 4. The van der Waals surface area contributed by atoms with Crippen LogP contribution in [-0.2, 0) is 27.4 Å². The first-order valence-corrected chi connectivity index (χ1v) is 14.1. The van der Waals surface area contributed by atoms with E-state index < -0.39 is 29.9 Å². The average Bonchev–Trinajstić information content (AvgIpc) is 3.02. The van der Waals surface area contributed by atoms with Crippen molar-refractivity contribution in [2.75, 3.05) is 11.9 Å². The molecule has 0 saturated carbocycles. The number of hydrogen-bond acceptors (Lipinski definition) is 6. The Morgan fingerprint density at radius 2 is 1.58 bits per heavy atom.